The highest BCUT2D eigenvalue weighted by Crippen LogP contribution is 2.23. The van der Waals surface area contributed by atoms with E-state index in [2.05, 4.69) is 54.2 Å². The first-order valence-corrected chi connectivity index (χ1v) is 7.96. The molecule has 1 aliphatic rings. The molecule has 0 saturated carbocycles. The van der Waals surface area contributed by atoms with E-state index in [-0.39, 0.29) is 5.54 Å². The van der Waals surface area contributed by atoms with Crippen molar-refractivity contribution in [1.29, 1.82) is 0 Å². The molecule has 0 aliphatic carbocycles. The second kappa shape index (κ2) is 5.68. The predicted octanol–water partition coefficient (Wildman–Crippen LogP) is 3.17. The minimum atomic E-state index is 0.196. The number of benzene rings is 1. The maximum Gasteiger partial charge on any atom is 0.203 e. The molecule has 4 heteroatoms. The van der Waals surface area contributed by atoms with Gasteiger partial charge in [-0.2, -0.15) is 0 Å². The first kappa shape index (κ1) is 14.4. The van der Waals surface area contributed by atoms with E-state index in [4.69, 9.17) is 4.98 Å². The number of rotatable bonds is 3. The van der Waals surface area contributed by atoms with Crippen LogP contribution in [0.25, 0.3) is 11.0 Å². The number of H-pyrrole nitrogens is 1. The smallest absolute Gasteiger partial charge is 0.203 e. The van der Waals surface area contributed by atoms with E-state index < -0.39 is 0 Å². The maximum atomic E-state index is 4.73. The Hall–Kier alpha value is -1.55. The Balaban J connectivity index is 1.68. The molecule has 21 heavy (non-hydrogen) atoms. The Kier molecular flexibility index (Phi) is 3.89. The van der Waals surface area contributed by atoms with Gasteiger partial charge in [-0.1, -0.05) is 12.1 Å². The first-order chi connectivity index (χ1) is 10.0. The molecule has 1 unspecified atom stereocenters. The summed E-state index contributed by atoms with van der Waals surface area (Å²) >= 11 is 0. The van der Waals surface area contributed by atoms with Gasteiger partial charge < -0.3 is 15.2 Å². The van der Waals surface area contributed by atoms with Crippen molar-refractivity contribution in [2.75, 3.05) is 24.5 Å². The Morgan fingerprint density at radius 3 is 2.90 bits per heavy atom. The van der Waals surface area contributed by atoms with E-state index in [9.17, 15) is 0 Å². The van der Waals surface area contributed by atoms with E-state index >= 15 is 0 Å². The van der Waals surface area contributed by atoms with E-state index in [0.717, 1.165) is 36.6 Å². The number of fused-ring (bicyclic) bond motifs is 1. The Labute approximate surface area is 126 Å². The van der Waals surface area contributed by atoms with Crippen molar-refractivity contribution in [3.63, 3.8) is 0 Å². The third-order valence-corrected chi connectivity index (χ3v) is 4.12. The number of hydrogen-bond donors (Lipinski definition) is 2. The average Bonchev–Trinajstić information content (AvgIpc) is 2.89. The largest absolute Gasteiger partial charge is 0.342 e. The number of nitrogens with zero attached hydrogens (tertiary/aromatic N) is 2. The van der Waals surface area contributed by atoms with Gasteiger partial charge in [0.25, 0.3) is 0 Å². The van der Waals surface area contributed by atoms with Gasteiger partial charge in [0.05, 0.1) is 11.0 Å². The lowest BCUT2D eigenvalue weighted by molar-refractivity contribution is 0.334. The monoisotopic (exact) mass is 286 g/mol. The molecule has 1 fully saturated rings. The molecule has 1 aliphatic heterocycles. The van der Waals surface area contributed by atoms with Crippen LogP contribution in [0.2, 0.25) is 0 Å². The van der Waals surface area contributed by atoms with Crippen LogP contribution in [0, 0.1) is 5.92 Å². The van der Waals surface area contributed by atoms with Gasteiger partial charge in [0.15, 0.2) is 0 Å². The standard InChI is InChI=1S/C17H26N4/c1-17(2,3)18-11-13-7-6-10-21(12-13)16-19-14-8-4-5-9-15(14)20-16/h4-5,8-9,13,18H,6-7,10-12H2,1-3H3,(H,19,20). The average molecular weight is 286 g/mol. The highest BCUT2D eigenvalue weighted by molar-refractivity contribution is 5.77. The summed E-state index contributed by atoms with van der Waals surface area (Å²) in [6.07, 6.45) is 2.55. The molecule has 1 saturated heterocycles. The molecule has 0 bridgehead atoms. The van der Waals surface area contributed by atoms with Crippen molar-refractivity contribution in [2.24, 2.45) is 5.92 Å². The summed E-state index contributed by atoms with van der Waals surface area (Å²) < 4.78 is 0. The van der Waals surface area contributed by atoms with Crippen molar-refractivity contribution in [2.45, 2.75) is 39.2 Å². The van der Waals surface area contributed by atoms with Gasteiger partial charge in [0.2, 0.25) is 5.95 Å². The molecule has 1 aromatic carbocycles. The lowest BCUT2D eigenvalue weighted by Crippen LogP contribution is -2.45. The fourth-order valence-electron chi connectivity index (χ4n) is 2.96. The number of imidazole rings is 1. The molecular formula is C17H26N4. The Morgan fingerprint density at radius 2 is 2.14 bits per heavy atom. The van der Waals surface area contributed by atoms with Crippen LogP contribution in [0.3, 0.4) is 0 Å². The number of nitrogens with one attached hydrogen (secondary N) is 2. The van der Waals surface area contributed by atoms with Gasteiger partial charge in [-0.15, -0.1) is 0 Å². The molecule has 1 atom stereocenters. The van der Waals surface area contributed by atoms with Crippen LogP contribution in [-0.2, 0) is 0 Å². The third-order valence-electron chi connectivity index (χ3n) is 4.12. The summed E-state index contributed by atoms with van der Waals surface area (Å²) in [5.41, 5.74) is 2.38. The minimum Gasteiger partial charge on any atom is -0.342 e. The second-order valence-corrected chi connectivity index (χ2v) is 7.16. The zero-order valence-electron chi connectivity index (χ0n) is 13.3. The van der Waals surface area contributed by atoms with Crippen molar-refractivity contribution < 1.29 is 0 Å². The molecule has 0 amide bonds. The van der Waals surface area contributed by atoms with Crippen LogP contribution in [0.1, 0.15) is 33.6 Å². The first-order valence-electron chi connectivity index (χ1n) is 7.96. The second-order valence-electron chi connectivity index (χ2n) is 7.16. The predicted molar refractivity (Wildman–Crippen MR) is 88.8 cm³/mol. The van der Waals surface area contributed by atoms with Crippen LogP contribution >= 0.6 is 0 Å². The molecule has 2 N–H and O–H groups in total. The van der Waals surface area contributed by atoms with Crippen molar-refractivity contribution in [3.05, 3.63) is 24.3 Å². The van der Waals surface area contributed by atoms with Crippen LogP contribution < -0.4 is 10.2 Å². The van der Waals surface area contributed by atoms with Gasteiger partial charge in [0.1, 0.15) is 0 Å². The summed E-state index contributed by atoms with van der Waals surface area (Å²) in [7, 11) is 0. The SMILES string of the molecule is CC(C)(C)NCC1CCCN(c2nc3ccccc3[nH]2)C1. The summed E-state index contributed by atoms with van der Waals surface area (Å²) in [5.74, 6) is 1.72. The zero-order valence-corrected chi connectivity index (χ0v) is 13.3. The lowest BCUT2D eigenvalue weighted by Gasteiger charge is -2.34. The number of anilines is 1. The van der Waals surface area contributed by atoms with E-state index in [1.807, 2.05) is 6.07 Å². The summed E-state index contributed by atoms with van der Waals surface area (Å²) in [5, 5.41) is 3.63. The Morgan fingerprint density at radius 1 is 1.33 bits per heavy atom. The quantitative estimate of drug-likeness (QED) is 0.911. The topological polar surface area (TPSA) is 44.0 Å². The summed E-state index contributed by atoms with van der Waals surface area (Å²) in [6, 6.07) is 8.25. The molecule has 0 spiro atoms. The van der Waals surface area contributed by atoms with Gasteiger partial charge in [-0.25, -0.2) is 4.98 Å². The van der Waals surface area contributed by atoms with Crippen LogP contribution in [0.5, 0.6) is 0 Å². The third kappa shape index (κ3) is 3.56. The van der Waals surface area contributed by atoms with Gasteiger partial charge >= 0.3 is 0 Å². The molecule has 0 radical (unpaired) electrons. The molecular weight excluding hydrogens is 260 g/mol. The fourth-order valence-corrected chi connectivity index (χ4v) is 2.96. The number of aromatic amines is 1. The van der Waals surface area contributed by atoms with E-state index in [1.54, 1.807) is 0 Å². The highest BCUT2D eigenvalue weighted by atomic mass is 15.3. The zero-order chi connectivity index (χ0) is 14.9. The number of piperidine rings is 1. The normalized spacial score (nSPS) is 20.1. The van der Waals surface area contributed by atoms with Gasteiger partial charge in [-0.3, -0.25) is 0 Å². The van der Waals surface area contributed by atoms with E-state index in [0.29, 0.717) is 5.92 Å². The Bertz CT molecular complexity index is 563. The summed E-state index contributed by atoms with van der Waals surface area (Å²) in [4.78, 5) is 10.6. The number of para-hydroxylation sites is 2. The molecule has 1 aromatic heterocycles. The van der Waals surface area contributed by atoms with Gasteiger partial charge in [-0.05, 0) is 51.7 Å². The minimum absolute atomic E-state index is 0.196. The molecule has 2 heterocycles. The fraction of sp³-hybridized carbons (Fsp3) is 0.588. The van der Waals surface area contributed by atoms with Crippen LogP contribution in [-0.4, -0.2) is 35.1 Å². The lowest BCUT2D eigenvalue weighted by atomic mass is 9.97. The summed E-state index contributed by atoms with van der Waals surface area (Å²) in [6.45, 7) is 9.96. The maximum absolute atomic E-state index is 4.73. The van der Waals surface area contributed by atoms with Crippen molar-refractivity contribution in [3.8, 4) is 0 Å². The number of hydrogen-bond acceptors (Lipinski definition) is 3. The highest BCUT2D eigenvalue weighted by Gasteiger charge is 2.23. The molecule has 3 rings (SSSR count). The van der Waals surface area contributed by atoms with Crippen LogP contribution in [0.15, 0.2) is 24.3 Å². The van der Waals surface area contributed by atoms with Crippen molar-refractivity contribution >= 4 is 17.0 Å². The van der Waals surface area contributed by atoms with E-state index in [1.165, 1.54) is 12.8 Å². The molecule has 2 aromatic rings. The van der Waals surface area contributed by atoms with Crippen LogP contribution in [0.4, 0.5) is 5.95 Å². The molecule has 114 valence electrons. The molecule has 4 nitrogen and oxygen atoms in total. The van der Waals surface area contributed by atoms with Crippen molar-refractivity contribution in [1.82, 2.24) is 15.3 Å². The van der Waals surface area contributed by atoms with Gasteiger partial charge in [0, 0.05) is 25.2 Å². The number of aromatic nitrogens is 2.